The molecule has 10 heteroatoms. The van der Waals surface area contributed by atoms with Gasteiger partial charge in [0.25, 0.3) is 0 Å². The van der Waals surface area contributed by atoms with Crippen LogP contribution < -0.4 is 9.64 Å². The van der Waals surface area contributed by atoms with Gasteiger partial charge in [-0.2, -0.15) is 8.78 Å². The summed E-state index contributed by atoms with van der Waals surface area (Å²) in [5, 5.41) is 0. The summed E-state index contributed by atoms with van der Waals surface area (Å²) < 4.78 is 70.6. The van der Waals surface area contributed by atoms with Crippen molar-refractivity contribution in [1.82, 2.24) is 9.55 Å². The Balaban J connectivity index is 1.57. The van der Waals surface area contributed by atoms with Gasteiger partial charge in [-0.3, -0.25) is 0 Å². The topological polar surface area (TPSA) is 64.4 Å². The Morgan fingerprint density at radius 1 is 1.03 bits per heavy atom. The molecule has 1 aromatic heterocycles. The molecule has 0 fully saturated rings. The van der Waals surface area contributed by atoms with Crippen LogP contribution in [0.2, 0.25) is 0 Å². The zero-order valence-corrected chi connectivity index (χ0v) is 18.2. The first kappa shape index (κ1) is 21.3. The van der Waals surface area contributed by atoms with E-state index in [4.69, 9.17) is 0 Å². The minimum atomic E-state index is -3.36. The molecule has 5 rings (SSSR count). The molecule has 3 aromatic carbocycles. The average Bonchev–Trinajstić information content (AvgIpc) is 3.32. The summed E-state index contributed by atoms with van der Waals surface area (Å²) in [6.07, 6.45) is 1.11. The molecule has 0 atom stereocenters. The molecule has 6 nitrogen and oxygen atoms in total. The maximum absolute atomic E-state index is 15.0. The van der Waals surface area contributed by atoms with Crippen LogP contribution in [-0.2, 0) is 16.4 Å². The number of ether oxygens (including phenoxy) is 1. The summed E-state index contributed by atoms with van der Waals surface area (Å²) in [6.45, 7) is -1.99. The highest BCUT2D eigenvalue weighted by molar-refractivity contribution is 7.90. The molecule has 33 heavy (non-hydrogen) atoms. The van der Waals surface area contributed by atoms with Crippen molar-refractivity contribution in [2.45, 2.75) is 18.1 Å². The Kier molecular flexibility index (Phi) is 5.04. The number of benzene rings is 3. The Labute approximate surface area is 187 Å². The molecule has 0 saturated carbocycles. The van der Waals surface area contributed by atoms with Gasteiger partial charge in [-0.15, -0.1) is 0 Å². The third kappa shape index (κ3) is 3.80. The van der Waals surface area contributed by atoms with Crippen molar-refractivity contribution >= 4 is 32.5 Å². The second-order valence-electron chi connectivity index (χ2n) is 7.68. The predicted molar refractivity (Wildman–Crippen MR) is 118 cm³/mol. The van der Waals surface area contributed by atoms with E-state index < -0.39 is 22.3 Å². The van der Waals surface area contributed by atoms with Crippen molar-refractivity contribution in [2.75, 3.05) is 17.7 Å². The van der Waals surface area contributed by atoms with E-state index in [0.717, 1.165) is 6.26 Å². The number of imidazole rings is 1. The summed E-state index contributed by atoms with van der Waals surface area (Å²) in [7, 11) is -3.36. The Morgan fingerprint density at radius 3 is 2.45 bits per heavy atom. The molecule has 0 N–H and O–H groups in total. The van der Waals surface area contributed by atoms with Gasteiger partial charge in [0.15, 0.2) is 9.84 Å². The second-order valence-corrected chi connectivity index (χ2v) is 9.69. The lowest BCUT2D eigenvalue weighted by Gasteiger charge is -2.19. The van der Waals surface area contributed by atoms with Gasteiger partial charge in [0.05, 0.1) is 21.6 Å². The van der Waals surface area contributed by atoms with Gasteiger partial charge < -0.3 is 14.2 Å². The SMILES string of the molecule is CS(=O)(=O)c1ccc(-c2cc3nc4n(c3cc2F)CCN4c2ccccc2OC(F)F)cc1. The number of aromatic nitrogens is 2. The van der Waals surface area contributed by atoms with Gasteiger partial charge >= 0.3 is 6.61 Å². The molecule has 0 unspecified atom stereocenters. The molecule has 2 heterocycles. The van der Waals surface area contributed by atoms with E-state index in [0.29, 0.717) is 41.3 Å². The van der Waals surface area contributed by atoms with Crippen molar-refractivity contribution < 1.29 is 26.3 Å². The van der Waals surface area contributed by atoms with Crippen LogP contribution in [0.4, 0.5) is 24.8 Å². The van der Waals surface area contributed by atoms with Gasteiger partial charge in [0, 0.05) is 31.0 Å². The molecular weight excluding hydrogens is 455 g/mol. The number of sulfone groups is 1. The van der Waals surface area contributed by atoms with E-state index in [-0.39, 0.29) is 16.2 Å². The van der Waals surface area contributed by atoms with Crippen LogP contribution in [0.25, 0.3) is 22.2 Å². The predicted octanol–water partition coefficient (Wildman–Crippen LogP) is 5.00. The fraction of sp³-hybridized carbons (Fsp3) is 0.174. The number of hydrogen-bond donors (Lipinski definition) is 0. The van der Waals surface area contributed by atoms with Crippen LogP contribution >= 0.6 is 0 Å². The van der Waals surface area contributed by atoms with Crippen LogP contribution in [0.1, 0.15) is 0 Å². The first-order chi connectivity index (χ1) is 15.7. The quantitative estimate of drug-likeness (QED) is 0.408. The van der Waals surface area contributed by atoms with E-state index in [2.05, 4.69) is 9.72 Å². The highest BCUT2D eigenvalue weighted by Crippen LogP contribution is 2.39. The van der Waals surface area contributed by atoms with Crippen molar-refractivity contribution in [1.29, 1.82) is 0 Å². The Hall–Kier alpha value is -3.53. The van der Waals surface area contributed by atoms with Gasteiger partial charge in [-0.1, -0.05) is 24.3 Å². The second kappa shape index (κ2) is 7.80. The molecule has 4 aromatic rings. The van der Waals surface area contributed by atoms with Crippen LogP contribution in [-0.4, -0.2) is 37.4 Å². The first-order valence-electron chi connectivity index (χ1n) is 10.0. The first-order valence-corrected chi connectivity index (χ1v) is 11.9. The fourth-order valence-electron chi connectivity index (χ4n) is 4.07. The molecule has 0 bridgehead atoms. The zero-order valence-electron chi connectivity index (χ0n) is 17.4. The molecule has 0 spiro atoms. The molecule has 0 saturated heterocycles. The summed E-state index contributed by atoms with van der Waals surface area (Å²) in [5.74, 6) is 0.0577. The highest BCUT2D eigenvalue weighted by Gasteiger charge is 2.28. The van der Waals surface area contributed by atoms with Gasteiger partial charge in [-0.05, 0) is 35.9 Å². The maximum atomic E-state index is 15.0. The van der Waals surface area contributed by atoms with Gasteiger partial charge in [-0.25, -0.2) is 17.8 Å². The van der Waals surface area contributed by atoms with Crippen LogP contribution in [0, 0.1) is 5.82 Å². The van der Waals surface area contributed by atoms with Gasteiger partial charge in [0.1, 0.15) is 11.6 Å². The van der Waals surface area contributed by atoms with Crippen molar-refractivity contribution in [2.24, 2.45) is 0 Å². The minimum Gasteiger partial charge on any atom is -0.433 e. The lowest BCUT2D eigenvalue weighted by molar-refractivity contribution is -0.0494. The summed E-state index contributed by atoms with van der Waals surface area (Å²) >= 11 is 0. The summed E-state index contributed by atoms with van der Waals surface area (Å²) in [6, 6.07) is 15.4. The number of fused-ring (bicyclic) bond motifs is 3. The smallest absolute Gasteiger partial charge is 0.387 e. The Morgan fingerprint density at radius 2 is 1.76 bits per heavy atom. The number of alkyl halides is 2. The van der Waals surface area contributed by atoms with Crippen molar-refractivity contribution in [3.63, 3.8) is 0 Å². The molecular formula is C23H18F3N3O3S. The largest absolute Gasteiger partial charge is 0.433 e. The number of halogens is 3. The standard InChI is InChI=1S/C23H18F3N3O3S/c1-33(30,31)15-8-6-14(7-9-15)16-12-18-20(13-17(16)24)29-11-10-28(23(29)27-18)19-4-2-3-5-21(19)32-22(25)26/h2-9,12-13,22H,10-11H2,1H3. The molecule has 0 amide bonds. The lowest BCUT2D eigenvalue weighted by Crippen LogP contribution is -2.16. The molecule has 0 radical (unpaired) electrons. The van der Waals surface area contributed by atoms with Crippen LogP contribution in [0.3, 0.4) is 0 Å². The van der Waals surface area contributed by atoms with E-state index in [9.17, 15) is 17.2 Å². The molecule has 0 aliphatic carbocycles. The number of nitrogens with zero attached hydrogens (tertiary/aromatic N) is 3. The van der Waals surface area contributed by atoms with E-state index in [1.54, 1.807) is 41.3 Å². The number of hydrogen-bond acceptors (Lipinski definition) is 5. The Bertz CT molecular complexity index is 1470. The third-order valence-corrected chi connectivity index (χ3v) is 6.70. The van der Waals surface area contributed by atoms with E-state index in [1.807, 2.05) is 4.57 Å². The highest BCUT2D eigenvalue weighted by atomic mass is 32.2. The van der Waals surface area contributed by atoms with Crippen LogP contribution in [0.5, 0.6) is 5.75 Å². The van der Waals surface area contributed by atoms with Gasteiger partial charge in [0.2, 0.25) is 5.95 Å². The summed E-state index contributed by atoms with van der Waals surface area (Å²) in [5.41, 5.74) is 2.36. The van der Waals surface area contributed by atoms with E-state index in [1.165, 1.54) is 24.3 Å². The van der Waals surface area contributed by atoms with Crippen LogP contribution in [0.15, 0.2) is 65.6 Å². The summed E-state index contributed by atoms with van der Waals surface area (Å²) in [4.78, 5) is 6.55. The normalized spacial score (nSPS) is 13.7. The monoisotopic (exact) mass is 473 g/mol. The molecule has 1 aliphatic heterocycles. The lowest BCUT2D eigenvalue weighted by atomic mass is 10.0. The fourth-order valence-corrected chi connectivity index (χ4v) is 4.70. The maximum Gasteiger partial charge on any atom is 0.387 e. The molecule has 1 aliphatic rings. The average molecular weight is 473 g/mol. The minimum absolute atomic E-state index is 0.0332. The number of anilines is 2. The number of rotatable bonds is 5. The van der Waals surface area contributed by atoms with Crippen molar-refractivity contribution in [3.05, 3.63) is 66.5 Å². The number of para-hydroxylation sites is 2. The molecule has 170 valence electrons. The third-order valence-electron chi connectivity index (χ3n) is 5.57. The zero-order chi connectivity index (χ0) is 23.3. The van der Waals surface area contributed by atoms with Crippen molar-refractivity contribution in [3.8, 4) is 16.9 Å². The van der Waals surface area contributed by atoms with E-state index >= 15 is 4.39 Å².